The summed E-state index contributed by atoms with van der Waals surface area (Å²) in [4.78, 5) is 15.8. The first-order chi connectivity index (χ1) is 11.7. The minimum Gasteiger partial charge on any atom is -0.366 e. The van der Waals surface area contributed by atoms with Crippen LogP contribution in [0.15, 0.2) is 40.9 Å². The van der Waals surface area contributed by atoms with E-state index in [1.807, 2.05) is 12.1 Å². The molecule has 1 aliphatic rings. The van der Waals surface area contributed by atoms with Crippen LogP contribution in [0.3, 0.4) is 0 Å². The maximum Gasteiger partial charge on any atom is 0.248 e. The molecule has 0 spiro atoms. The number of primary amides is 1. The lowest BCUT2D eigenvalue weighted by Gasteiger charge is -2.15. The van der Waals surface area contributed by atoms with Crippen molar-refractivity contribution in [3.63, 3.8) is 0 Å². The highest BCUT2D eigenvalue weighted by atomic mass is 127. The first-order valence-corrected chi connectivity index (χ1v) is 8.78. The van der Waals surface area contributed by atoms with Crippen LogP contribution in [-0.4, -0.2) is 25.0 Å². The highest BCUT2D eigenvalue weighted by Crippen LogP contribution is 2.19. The van der Waals surface area contributed by atoms with Gasteiger partial charge < -0.3 is 16.4 Å². The molecule has 0 saturated heterocycles. The summed E-state index contributed by atoms with van der Waals surface area (Å²) in [5.41, 5.74) is 8.36. The average Bonchev–Trinajstić information content (AvgIpc) is 2.61. The maximum absolute atomic E-state index is 11.2. The molecule has 1 aromatic rings. The maximum atomic E-state index is 11.2. The first kappa shape index (κ1) is 21.5. The smallest absolute Gasteiger partial charge is 0.248 e. The topological polar surface area (TPSA) is 79.5 Å². The van der Waals surface area contributed by atoms with Crippen molar-refractivity contribution < 1.29 is 4.79 Å². The summed E-state index contributed by atoms with van der Waals surface area (Å²) in [5.74, 6) is 0.394. The number of carbonyl (C=O) groups excluding carboxylic acids is 1. The standard InChI is InChI=1S/C19H28N4O.HI/c1-2-21-19(22-12-11-15-7-4-3-5-8-15)23-14-16-9-6-10-17(13-16)18(20)24;/h6-7,9-10,13H,2-5,8,11-12,14H2,1H3,(H2,20,24)(H2,21,22,23);1H. The third-order valence-electron chi connectivity index (χ3n) is 4.10. The van der Waals surface area contributed by atoms with Gasteiger partial charge in [0.25, 0.3) is 0 Å². The van der Waals surface area contributed by atoms with Crippen molar-refractivity contribution in [1.82, 2.24) is 10.6 Å². The Balaban J connectivity index is 0.00000312. The van der Waals surface area contributed by atoms with Crippen LogP contribution in [0.2, 0.25) is 0 Å². The third-order valence-corrected chi connectivity index (χ3v) is 4.10. The Morgan fingerprint density at radius 3 is 2.80 bits per heavy atom. The largest absolute Gasteiger partial charge is 0.366 e. The average molecular weight is 456 g/mol. The second kappa shape index (κ2) is 11.9. The zero-order valence-corrected chi connectivity index (χ0v) is 17.2. The monoisotopic (exact) mass is 456 g/mol. The van der Waals surface area contributed by atoms with Gasteiger partial charge >= 0.3 is 0 Å². The van der Waals surface area contributed by atoms with Crippen molar-refractivity contribution >= 4 is 35.8 Å². The van der Waals surface area contributed by atoms with Gasteiger partial charge in [-0.1, -0.05) is 23.8 Å². The molecule has 6 heteroatoms. The Bertz CT molecular complexity index is 613. The minimum absolute atomic E-state index is 0. The molecule has 0 bridgehead atoms. The second-order valence-corrected chi connectivity index (χ2v) is 6.04. The number of nitrogens with two attached hydrogens (primary N) is 1. The van der Waals surface area contributed by atoms with Crippen molar-refractivity contribution in [2.45, 2.75) is 45.6 Å². The highest BCUT2D eigenvalue weighted by molar-refractivity contribution is 14.0. The van der Waals surface area contributed by atoms with Gasteiger partial charge in [-0.2, -0.15) is 0 Å². The molecular weight excluding hydrogens is 427 g/mol. The number of amides is 1. The molecule has 1 aliphatic carbocycles. The molecule has 0 radical (unpaired) electrons. The zero-order chi connectivity index (χ0) is 17.2. The van der Waals surface area contributed by atoms with Crippen LogP contribution in [0.1, 0.15) is 54.9 Å². The number of nitrogens with one attached hydrogen (secondary N) is 2. The number of carbonyl (C=O) groups is 1. The number of nitrogens with zero attached hydrogens (tertiary/aromatic N) is 1. The molecule has 4 N–H and O–H groups in total. The van der Waals surface area contributed by atoms with Crippen molar-refractivity contribution in [2.24, 2.45) is 10.7 Å². The predicted molar refractivity (Wildman–Crippen MR) is 114 cm³/mol. The first-order valence-electron chi connectivity index (χ1n) is 8.78. The van der Waals surface area contributed by atoms with Gasteiger partial charge in [0.1, 0.15) is 0 Å². The molecule has 0 atom stereocenters. The van der Waals surface area contributed by atoms with E-state index < -0.39 is 5.91 Å². The van der Waals surface area contributed by atoms with Gasteiger partial charge in [-0.15, -0.1) is 24.0 Å². The molecule has 0 aliphatic heterocycles. The van der Waals surface area contributed by atoms with Crippen molar-refractivity contribution in [3.8, 4) is 0 Å². The van der Waals surface area contributed by atoms with E-state index in [1.165, 1.54) is 25.7 Å². The van der Waals surface area contributed by atoms with Gasteiger partial charge in [0.15, 0.2) is 5.96 Å². The number of hydrogen-bond donors (Lipinski definition) is 3. The summed E-state index contributed by atoms with van der Waals surface area (Å²) < 4.78 is 0. The Labute approximate surface area is 167 Å². The number of halogens is 1. The fourth-order valence-electron chi connectivity index (χ4n) is 2.81. The summed E-state index contributed by atoms with van der Waals surface area (Å²) in [7, 11) is 0. The number of allylic oxidation sites excluding steroid dienone is 1. The van der Waals surface area contributed by atoms with Crippen LogP contribution >= 0.6 is 24.0 Å². The third kappa shape index (κ3) is 7.90. The minimum atomic E-state index is -0.411. The van der Waals surface area contributed by atoms with Crippen LogP contribution in [0, 0.1) is 0 Å². The molecule has 0 heterocycles. The molecule has 2 rings (SSSR count). The Kier molecular flexibility index (Phi) is 10.2. The van der Waals surface area contributed by atoms with Gasteiger partial charge in [0.05, 0.1) is 6.54 Å². The van der Waals surface area contributed by atoms with Crippen LogP contribution in [-0.2, 0) is 6.54 Å². The lowest BCUT2D eigenvalue weighted by atomic mass is 9.97. The summed E-state index contributed by atoms with van der Waals surface area (Å²) in [6, 6.07) is 7.30. The number of guanidine groups is 1. The van der Waals surface area contributed by atoms with Crippen LogP contribution in [0.4, 0.5) is 0 Å². The van der Waals surface area contributed by atoms with Crippen LogP contribution < -0.4 is 16.4 Å². The lowest BCUT2D eigenvalue weighted by Crippen LogP contribution is -2.37. The summed E-state index contributed by atoms with van der Waals surface area (Å²) in [6.45, 7) is 4.27. The van der Waals surface area contributed by atoms with Crippen molar-refractivity contribution in [2.75, 3.05) is 13.1 Å². The molecule has 1 amide bonds. The fraction of sp³-hybridized carbons (Fsp3) is 0.474. The van der Waals surface area contributed by atoms with Crippen molar-refractivity contribution in [3.05, 3.63) is 47.0 Å². The quantitative estimate of drug-likeness (QED) is 0.255. The van der Waals surface area contributed by atoms with Gasteiger partial charge in [-0.05, 0) is 56.7 Å². The molecule has 0 fully saturated rings. The van der Waals surface area contributed by atoms with E-state index in [-0.39, 0.29) is 24.0 Å². The predicted octanol–water partition coefficient (Wildman–Crippen LogP) is 3.35. The van der Waals surface area contributed by atoms with Gasteiger partial charge in [-0.3, -0.25) is 4.79 Å². The van der Waals surface area contributed by atoms with E-state index >= 15 is 0 Å². The van der Waals surface area contributed by atoms with Gasteiger partial charge in [0, 0.05) is 18.7 Å². The zero-order valence-electron chi connectivity index (χ0n) is 14.9. The molecule has 0 aromatic heterocycles. The molecule has 0 unspecified atom stereocenters. The number of hydrogen-bond acceptors (Lipinski definition) is 2. The second-order valence-electron chi connectivity index (χ2n) is 6.04. The number of aliphatic imine (C=N–C) groups is 1. The van der Waals surface area contributed by atoms with Crippen LogP contribution in [0.5, 0.6) is 0 Å². The molecular formula is C19H29IN4O. The molecule has 25 heavy (non-hydrogen) atoms. The SMILES string of the molecule is CCNC(=NCc1cccc(C(N)=O)c1)NCCC1=CCCCC1.I. The molecule has 0 saturated carbocycles. The van der Waals surface area contributed by atoms with Crippen LogP contribution in [0.25, 0.3) is 0 Å². The van der Waals surface area contributed by atoms with Gasteiger partial charge in [-0.25, -0.2) is 4.99 Å². The lowest BCUT2D eigenvalue weighted by molar-refractivity contribution is 0.1000. The highest BCUT2D eigenvalue weighted by Gasteiger charge is 2.05. The summed E-state index contributed by atoms with van der Waals surface area (Å²) in [6.07, 6.45) is 8.54. The van der Waals surface area contributed by atoms with Gasteiger partial charge in [0.2, 0.25) is 5.91 Å². The Morgan fingerprint density at radius 2 is 2.12 bits per heavy atom. The summed E-state index contributed by atoms with van der Waals surface area (Å²) >= 11 is 0. The number of benzene rings is 1. The molecule has 5 nitrogen and oxygen atoms in total. The number of rotatable bonds is 7. The fourth-order valence-corrected chi connectivity index (χ4v) is 2.81. The normalized spacial score (nSPS) is 14.3. The van der Waals surface area contributed by atoms with E-state index in [2.05, 4.69) is 28.6 Å². The van der Waals surface area contributed by atoms with E-state index in [0.29, 0.717) is 12.1 Å². The van der Waals surface area contributed by atoms with E-state index in [1.54, 1.807) is 17.7 Å². The Morgan fingerprint density at radius 1 is 1.28 bits per heavy atom. The van der Waals surface area contributed by atoms with E-state index in [4.69, 9.17) is 5.73 Å². The molecule has 1 aromatic carbocycles. The van der Waals surface area contributed by atoms with Crippen molar-refractivity contribution in [1.29, 1.82) is 0 Å². The van der Waals surface area contributed by atoms with E-state index in [9.17, 15) is 4.79 Å². The Hall–Kier alpha value is -1.57. The summed E-state index contributed by atoms with van der Waals surface area (Å²) in [5, 5.41) is 6.64. The van der Waals surface area contributed by atoms with E-state index in [0.717, 1.165) is 31.0 Å². The molecule has 138 valence electrons.